The largest absolute Gasteiger partial charge is 0.456 e. The molecule has 0 saturated carbocycles. The van der Waals surface area contributed by atoms with Crippen LogP contribution in [0.4, 0.5) is 0 Å². The zero-order valence-electron chi connectivity index (χ0n) is 18.5. The third-order valence-corrected chi connectivity index (χ3v) is 5.31. The lowest BCUT2D eigenvalue weighted by Gasteiger charge is -2.14. The number of carbonyl (C=O) groups excluding carboxylic acids is 4. The van der Waals surface area contributed by atoms with E-state index < -0.39 is 0 Å². The first kappa shape index (κ1) is 22.6. The molecule has 4 rings (SSSR count). The third-order valence-electron chi connectivity index (χ3n) is 5.31. The first-order valence-electron chi connectivity index (χ1n) is 10.4. The Morgan fingerprint density at radius 2 is 0.824 bits per heavy atom. The average Bonchev–Trinajstić information content (AvgIpc) is 2.85. The van der Waals surface area contributed by atoms with Crippen molar-refractivity contribution < 1.29 is 28.7 Å². The van der Waals surface area contributed by atoms with Crippen LogP contribution in [0, 0.1) is 13.8 Å². The van der Waals surface area contributed by atoms with Crippen LogP contribution in [0.5, 0.6) is 23.0 Å². The van der Waals surface area contributed by atoms with Crippen molar-refractivity contribution in [2.75, 3.05) is 0 Å². The van der Waals surface area contributed by atoms with Gasteiger partial charge in [-0.2, -0.15) is 0 Å². The van der Waals surface area contributed by atoms with Gasteiger partial charge in [-0.25, -0.2) is 0 Å². The summed E-state index contributed by atoms with van der Waals surface area (Å²) in [6.07, 6.45) is 2.64. The second-order valence-corrected chi connectivity index (χ2v) is 7.89. The van der Waals surface area contributed by atoms with Crippen LogP contribution in [-0.4, -0.2) is 25.1 Å². The van der Waals surface area contributed by atoms with E-state index in [2.05, 4.69) is 0 Å². The van der Waals surface area contributed by atoms with Gasteiger partial charge in [0, 0.05) is 0 Å². The van der Waals surface area contributed by atoms with Crippen LogP contribution in [0.1, 0.15) is 52.6 Å². The van der Waals surface area contributed by atoms with Crippen molar-refractivity contribution in [1.82, 2.24) is 0 Å². The number of fused-ring (bicyclic) bond motifs is 1. The van der Waals surface area contributed by atoms with Crippen molar-refractivity contribution in [1.29, 1.82) is 0 Å². The highest BCUT2D eigenvalue weighted by atomic mass is 16.5. The Bertz CT molecular complexity index is 1280. The molecule has 0 spiro atoms. The van der Waals surface area contributed by atoms with E-state index in [0.717, 1.165) is 21.9 Å². The molecule has 0 unspecified atom stereocenters. The van der Waals surface area contributed by atoms with Gasteiger partial charge in [-0.1, -0.05) is 12.1 Å². The van der Waals surface area contributed by atoms with Gasteiger partial charge < -0.3 is 9.47 Å². The number of carbonyl (C=O) groups is 4. The van der Waals surface area contributed by atoms with Crippen molar-refractivity contribution >= 4 is 35.9 Å². The van der Waals surface area contributed by atoms with E-state index in [-0.39, 0.29) is 11.5 Å². The Kier molecular flexibility index (Phi) is 6.32. The predicted molar refractivity (Wildman–Crippen MR) is 128 cm³/mol. The summed E-state index contributed by atoms with van der Waals surface area (Å²) < 4.78 is 11.8. The van der Waals surface area contributed by atoms with E-state index in [1.807, 2.05) is 12.1 Å². The molecular weight excluding hydrogens is 432 g/mol. The summed E-state index contributed by atoms with van der Waals surface area (Å²) in [5, 5.41) is 1.65. The molecule has 0 aliphatic heterocycles. The van der Waals surface area contributed by atoms with Gasteiger partial charge in [0.25, 0.3) is 0 Å². The topological polar surface area (TPSA) is 86.7 Å². The first-order valence-corrected chi connectivity index (χ1v) is 10.4. The number of aldehydes is 4. The highest BCUT2D eigenvalue weighted by Crippen LogP contribution is 2.34. The van der Waals surface area contributed by atoms with E-state index in [4.69, 9.17) is 9.47 Å². The molecule has 0 aliphatic carbocycles. The normalized spacial score (nSPS) is 10.5. The smallest absolute Gasteiger partial charge is 0.153 e. The monoisotopic (exact) mass is 452 g/mol. The van der Waals surface area contributed by atoms with Crippen LogP contribution in [0.15, 0.2) is 60.7 Å². The summed E-state index contributed by atoms with van der Waals surface area (Å²) in [5.74, 6) is 1.33. The minimum absolute atomic E-state index is 0.206. The van der Waals surface area contributed by atoms with Gasteiger partial charge in [0.2, 0.25) is 0 Å². The van der Waals surface area contributed by atoms with Crippen molar-refractivity contribution in [2.24, 2.45) is 0 Å². The lowest BCUT2D eigenvalue weighted by molar-refractivity contribution is 0.110. The molecule has 4 aromatic rings. The molecular formula is C28H20O6. The van der Waals surface area contributed by atoms with E-state index >= 15 is 0 Å². The number of hydrogen-bond donors (Lipinski definition) is 0. The Balaban J connectivity index is 1.67. The third kappa shape index (κ3) is 4.47. The number of hydrogen-bond acceptors (Lipinski definition) is 6. The quantitative estimate of drug-likeness (QED) is 0.292. The van der Waals surface area contributed by atoms with E-state index in [1.54, 1.807) is 62.4 Å². The molecule has 6 nitrogen and oxygen atoms in total. The van der Waals surface area contributed by atoms with Crippen LogP contribution in [0.2, 0.25) is 0 Å². The second-order valence-electron chi connectivity index (χ2n) is 7.89. The van der Waals surface area contributed by atoms with Crippen molar-refractivity contribution in [3.63, 3.8) is 0 Å². The molecule has 0 fully saturated rings. The summed E-state index contributed by atoms with van der Waals surface area (Å²) in [4.78, 5) is 46.0. The van der Waals surface area contributed by atoms with Gasteiger partial charge in [-0.3, -0.25) is 19.2 Å². The van der Waals surface area contributed by atoms with E-state index in [1.165, 1.54) is 0 Å². The first-order chi connectivity index (χ1) is 16.4. The van der Waals surface area contributed by atoms with Gasteiger partial charge in [0.1, 0.15) is 23.0 Å². The number of benzene rings is 4. The summed E-state index contributed by atoms with van der Waals surface area (Å²) in [5.41, 5.74) is 2.74. The summed E-state index contributed by atoms with van der Waals surface area (Å²) in [7, 11) is 0. The van der Waals surface area contributed by atoms with Crippen LogP contribution >= 0.6 is 0 Å². The van der Waals surface area contributed by atoms with Gasteiger partial charge in [0.05, 0.1) is 22.3 Å². The number of ether oxygens (including phenoxy) is 2. The Hall–Kier alpha value is -4.58. The maximum atomic E-state index is 11.5. The fourth-order valence-corrected chi connectivity index (χ4v) is 3.81. The molecule has 34 heavy (non-hydrogen) atoms. The maximum absolute atomic E-state index is 11.5. The van der Waals surface area contributed by atoms with Crippen molar-refractivity contribution in [3.05, 3.63) is 94.0 Å². The molecule has 0 radical (unpaired) electrons. The molecule has 0 bridgehead atoms. The molecule has 0 atom stereocenters. The van der Waals surface area contributed by atoms with Crippen molar-refractivity contribution in [2.45, 2.75) is 13.8 Å². The van der Waals surface area contributed by atoms with Gasteiger partial charge in [-0.15, -0.1) is 0 Å². The highest BCUT2D eigenvalue weighted by molar-refractivity contribution is 5.91. The van der Waals surface area contributed by atoms with Gasteiger partial charge in [0.15, 0.2) is 25.1 Å². The summed E-state index contributed by atoms with van der Waals surface area (Å²) >= 11 is 0. The standard InChI is InChI=1S/C28H20O6/c1-17-7-21(13-29)27(22(8-17)14-30)33-25-5-3-20-12-26(6-4-19(20)11-25)34-28-23(15-31)9-18(2)10-24(28)16-32/h3-16H,1-2H3. The van der Waals surface area contributed by atoms with Gasteiger partial charge >= 0.3 is 0 Å². The molecule has 4 aromatic carbocycles. The molecule has 0 saturated heterocycles. The Labute approximate surface area is 195 Å². The molecule has 168 valence electrons. The second kappa shape index (κ2) is 9.50. The van der Waals surface area contributed by atoms with E-state index in [9.17, 15) is 19.2 Å². The zero-order valence-corrected chi connectivity index (χ0v) is 18.5. The van der Waals surface area contributed by atoms with Crippen LogP contribution < -0.4 is 9.47 Å². The molecule has 0 N–H and O–H groups in total. The number of aryl methyl sites for hydroxylation is 2. The molecule has 0 aliphatic rings. The van der Waals surface area contributed by atoms with Crippen LogP contribution in [0.25, 0.3) is 10.8 Å². The Morgan fingerprint density at radius 3 is 1.12 bits per heavy atom. The highest BCUT2D eigenvalue weighted by Gasteiger charge is 2.14. The van der Waals surface area contributed by atoms with Crippen LogP contribution in [0.3, 0.4) is 0 Å². The lowest BCUT2D eigenvalue weighted by atomic mass is 10.1. The lowest BCUT2D eigenvalue weighted by Crippen LogP contribution is -1.98. The predicted octanol–water partition coefficient (Wildman–Crippen LogP) is 6.29. The molecule has 6 heteroatoms. The zero-order chi connectivity index (χ0) is 24.2. The Morgan fingerprint density at radius 1 is 0.500 bits per heavy atom. The number of rotatable bonds is 8. The van der Waals surface area contributed by atoms with Crippen LogP contribution in [-0.2, 0) is 0 Å². The maximum Gasteiger partial charge on any atom is 0.153 e. The van der Waals surface area contributed by atoms with Crippen molar-refractivity contribution in [3.8, 4) is 23.0 Å². The average molecular weight is 452 g/mol. The molecule has 0 aromatic heterocycles. The molecule has 0 heterocycles. The van der Waals surface area contributed by atoms with E-state index in [0.29, 0.717) is 58.9 Å². The minimum atomic E-state index is 0.206. The molecule has 0 amide bonds. The van der Waals surface area contributed by atoms with Gasteiger partial charge in [-0.05, 0) is 84.3 Å². The summed E-state index contributed by atoms with van der Waals surface area (Å²) in [6, 6.07) is 17.2. The fraction of sp³-hybridized carbons (Fsp3) is 0.0714. The summed E-state index contributed by atoms with van der Waals surface area (Å²) in [6.45, 7) is 3.60. The fourth-order valence-electron chi connectivity index (χ4n) is 3.81. The minimum Gasteiger partial charge on any atom is -0.456 e. The SMILES string of the molecule is Cc1cc(C=O)c(Oc2ccc3cc(Oc4c(C=O)cc(C)cc4C=O)ccc3c2)c(C=O)c1.